The van der Waals surface area contributed by atoms with Crippen molar-refractivity contribution in [1.82, 2.24) is 4.90 Å². The summed E-state index contributed by atoms with van der Waals surface area (Å²) in [5, 5.41) is 0. The lowest BCUT2D eigenvalue weighted by Crippen LogP contribution is -2.27. The second-order valence-electron chi connectivity index (χ2n) is 3.49. The molecule has 0 aromatic heterocycles. The number of halogens is 2. The minimum absolute atomic E-state index is 0.158. The number of fused-ring (bicyclic) bond motifs is 1. The smallest absolute Gasteiger partial charge is 0.137 e. The van der Waals surface area contributed by atoms with Crippen molar-refractivity contribution in [3.63, 3.8) is 0 Å². The van der Waals surface area contributed by atoms with E-state index in [1.54, 1.807) is 0 Å². The molecule has 0 N–H and O–H groups in total. The lowest BCUT2D eigenvalue weighted by atomic mass is 10.0. The Morgan fingerprint density at radius 2 is 2.23 bits per heavy atom. The number of rotatable bonds is 0. The molecule has 1 aliphatic heterocycles. The number of likely N-dealkylation sites (N-methyl/N-ethyl adjacent to an activating group) is 1. The molecule has 0 saturated heterocycles. The summed E-state index contributed by atoms with van der Waals surface area (Å²) in [5.41, 5.74) is 2.38. The highest BCUT2D eigenvalue weighted by atomic mass is 79.9. The van der Waals surface area contributed by atoms with Gasteiger partial charge >= 0.3 is 0 Å². The number of hydrogen-bond donors (Lipinski definition) is 0. The van der Waals surface area contributed by atoms with Gasteiger partial charge in [-0.05, 0) is 46.6 Å². The molecule has 0 spiro atoms. The topological polar surface area (TPSA) is 3.24 Å². The first-order chi connectivity index (χ1) is 6.18. The predicted octanol–water partition coefficient (Wildman–Crippen LogP) is 2.58. The maximum absolute atomic E-state index is 13.2. The molecule has 0 aliphatic carbocycles. The van der Waals surface area contributed by atoms with E-state index >= 15 is 0 Å². The van der Waals surface area contributed by atoms with Crippen molar-refractivity contribution >= 4 is 15.9 Å². The lowest BCUT2D eigenvalue weighted by molar-refractivity contribution is 0.311. The van der Waals surface area contributed by atoms with Gasteiger partial charge in [-0.3, -0.25) is 0 Å². The Morgan fingerprint density at radius 3 is 3.00 bits per heavy atom. The van der Waals surface area contributed by atoms with Crippen LogP contribution in [0, 0.1) is 5.82 Å². The van der Waals surface area contributed by atoms with Crippen LogP contribution in [0.5, 0.6) is 0 Å². The van der Waals surface area contributed by atoms with Gasteiger partial charge in [-0.15, -0.1) is 0 Å². The Kier molecular flexibility index (Phi) is 2.39. The van der Waals surface area contributed by atoms with Crippen molar-refractivity contribution in [1.29, 1.82) is 0 Å². The highest BCUT2D eigenvalue weighted by Crippen LogP contribution is 2.28. The molecule has 0 radical (unpaired) electrons. The van der Waals surface area contributed by atoms with Gasteiger partial charge in [0.2, 0.25) is 0 Å². The predicted molar refractivity (Wildman–Crippen MR) is 54.1 cm³/mol. The zero-order valence-electron chi connectivity index (χ0n) is 7.48. The molecule has 0 saturated carbocycles. The van der Waals surface area contributed by atoms with Crippen molar-refractivity contribution in [3.05, 3.63) is 33.5 Å². The van der Waals surface area contributed by atoms with Crippen LogP contribution >= 0.6 is 15.9 Å². The summed E-state index contributed by atoms with van der Waals surface area (Å²) in [6.07, 6.45) is 1.02. The van der Waals surface area contributed by atoms with E-state index in [0.717, 1.165) is 25.1 Å². The Bertz CT molecular complexity index is 338. The minimum Gasteiger partial charge on any atom is -0.302 e. The van der Waals surface area contributed by atoms with Gasteiger partial charge in [-0.1, -0.05) is 6.07 Å². The molecule has 0 amide bonds. The fourth-order valence-corrected chi connectivity index (χ4v) is 2.21. The summed E-state index contributed by atoms with van der Waals surface area (Å²) in [6, 6.07) is 3.43. The maximum atomic E-state index is 13.2. The van der Waals surface area contributed by atoms with Gasteiger partial charge in [0.1, 0.15) is 5.82 Å². The van der Waals surface area contributed by atoms with E-state index in [0.29, 0.717) is 4.47 Å². The number of benzene rings is 1. The highest BCUT2D eigenvalue weighted by Gasteiger charge is 2.17. The fraction of sp³-hybridized carbons (Fsp3) is 0.400. The van der Waals surface area contributed by atoms with Crippen molar-refractivity contribution in [3.8, 4) is 0 Å². The minimum atomic E-state index is -0.158. The van der Waals surface area contributed by atoms with E-state index in [4.69, 9.17) is 0 Å². The van der Waals surface area contributed by atoms with Crippen LogP contribution in [0.1, 0.15) is 11.1 Å². The van der Waals surface area contributed by atoms with Crippen LogP contribution in [0.25, 0.3) is 0 Å². The van der Waals surface area contributed by atoms with E-state index in [1.165, 1.54) is 11.6 Å². The van der Waals surface area contributed by atoms with Crippen molar-refractivity contribution in [2.45, 2.75) is 13.0 Å². The van der Waals surface area contributed by atoms with Crippen LogP contribution < -0.4 is 0 Å². The van der Waals surface area contributed by atoms with Gasteiger partial charge in [0.15, 0.2) is 0 Å². The average Bonchev–Trinajstić information content (AvgIpc) is 2.12. The molecule has 13 heavy (non-hydrogen) atoms. The van der Waals surface area contributed by atoms with E-state index in [-0.39, 0.29) is 5.82 Å². The number of hydrogen-bond acceptors (Lipinski definition) is 1. The summed E-state index contributed by atoms with van der Waals surface area (Å²) in [6.45, 7) is 1.90. The Morgan fingerprint density at radius 1 is 1.46 bits per heavy atom. The summed E-state index contributed by atoms with van der Waals surface area (Å²) in [5.74, 6) is -0.158. The second-order valence-corrected chi connectivity index (χ2v) is 4.28. The summed E-state index contributed by atoms with van der Waals surface area (Å²) in [4.78, 5) is 2.20. The molecule has 1 aromatic rings. The zero-order valence-corrected chi connectivity index (χ0v) is 9.07. The zero-order chi connectivity index (χ0) is 9.42. The summed E-state index contributed by atoms with van der Waals surface area (Å²) in [7, 11) is 2.06. The average molecular weight is 244 g/mol. The molecular weight excluding hydrogens is 233 g/mol. The largest absolute Gasteiger partial charge is 0.302 e. The summed E-state index contributed by atoms with van der Waals surface area (Å²) < 4.78 is 13.8. The second kappa shape index (κ2) is 3.39. The van der Waals surface area contributed by atoms with E-state index < -0.39 is 0 Å². The third-order valence-electron chi connectivity index (χ3n) is 2.48. The molecule has 0 bridgehead atoms. The molecule has 1 aliphatic rings. The van der Waals surface area contributed by atoms with Gasteiger partial charge < -0.3 is 4.90 Å². The first kappa shape index (κ1) is 9.16. The maximum Gasteiger partial charge on any atom is 0.137 e. The molecule has 0 atom stereocenters. The van der Waals surface area contributed by atoms with Crippen molar-refractivity contribution < 1.29 is 4.39 Å². The van der Waals surface area contributed by atoms with Gasteiger partial charge in [0, 0.05) is 13.1 Å². The van der Waals surface area contributed by atoms with E-state index in [1.807, 2.05) is 6.07 Å². The third kappa shape index (κ3) is 1.63. The van der Waals surface area contributed by atoms with Gasteiger partial charge in [-0.2, -0.15) is 0 Å². The molecule has 0 fully saturated rings. The van der Waals surface area contributed by atoms with E-state index in [9.17, 15) is 4.39 Å². The Balaban J connectivity index is 2.48. The van der Waals surface area contributed by atoms with Gasteiger partial charge in [0.25, 0.3) is 0 Å². The van der Waals surface area contributed by atoms with E-state index in [2.05, 4.69) is 27.9 Å². The highest BCUT2D eigenvalue weighted by molar-refractivity contribution is 9.10. The standard InChI is InChI=1S/C10H11BrFN/c1-13-5-4-7-2-3-9(12)10(11)8(7)6-13/h2-3H,4-6H2,1H3. The van der Waals surface area contributed by atoms with Crippen LogP contribution in [0.2, 0.25) is 0 Å². The lowest BCUT2D eigenvalue weighted by Gasteiger charge is -2.25. The molecule has 1 aromatic carbocycles. The van der Waals surface area contributed by atoms with Gasteiger partial charge in [-0.25, -0.2) is 4.39 Å². The molecule has 2 rings (SSSR count). The molecule has 70 valence electrons. The van der Waals surface area contributed by atoms with Crippen LogP contribution in [0.3, 0.4) is 0 Å². The van der Waals surface area contributed by atoms with Crippen LogP contribution in [0.4, 0.5) is 4.39 Å². The molecule has 0 unspecified atom stereocenters. The SMILES string of the molecule is CN1CCc2ccc(F)c(Br)c2C1. The first-order valence-corrected chi connectivity index (χ1v) is 5.12. The number of nitrogens with zero attached hydrogens (tertiary/aromatic N) is 1. The first-order valence-electron chi connectivity index (χ1n) is 4.33. The van der Waals surface area contributed by atoms with Gasteiger partial charge in [0.05, 0.1) is 4.47 Å². The van der Waals surface area contributed by atoms with Crippen LogP contribution in [0.15, 0.2) is 16.6 Å². The van der Waals surface area contributed by atoms with Crippen LogP contribution in [-0.2, 0) is 13.0 Å². The third-order valence-corrected chi connectivity index (χ3v) is 3.34. The summed E-state index contributed by atoms with van der Waals surface area (Å²) >= 11 is 3.29. The molecular formula is C10H11BrFN. The van der Waals surface area contributed by atoms with Crippen LogP contribution in [-0.4, -0.2) is 18.5 Å². The molecule has 1 heterocycles. The Labute approximate surface area is 85.7 Å². The van der Waals surface area contributed by atoms with Crippen molar-refractivity contribution in [2.24, 2.45) is 0 Å². The normalized spacial score (nSPS) is 17.2. The molecule has 1 nitrogen and oxygen atoms in total. The monoisotopic (exact) mass is 243 g/mol. The Hall–Kier alpha value is -0.410. The molecule has 3 heteroatoms. The quantitative estimate of drug-likeness (QED) is 0.678. The fourth-order valence-electron chi connectivity index (χ4n) is 1.70. The van der Waals surface area contributed by atoms with Crippen molar-refractivity contribution in [2.75, 3.05) is 13.6 Å².